The summed E-state index contributed by atoms with van der Waals surface area (Å²) in [6.07, 6.45) is 5.92. The minimum absolute atomic E-state index is 0.914. The van der Waals surface area contributed by atoms with Crippen molar-refractivity contribution < 1.29 is 0 Å². The minimum Gasteiger partial charge on any atom is -0.385 e. The quantitative estimate of drug-likeness (QED) is 0.861. The molecule has 2 aliphatic rings. The van der Waals surface area contributed by atoms with Crippen LogP contribution in [-0.4, -0.2) is 53.5 Å². The fourth-order valence-corrected chi connectivity index (χ4v) is 2.90. The highest BCUT2D eigenvalue weighted by atomic mass is 15.3. The first-order chi connectivity index (χ1) is 9.85. The summed E-state index contributed by atoms with van der Waals surface area (Å²) >= 11 is 0. The molecule has 0 radical (unpaired) electrons. The van der Waals surface area contributed by atoms with Crippen LogP contribution in [0.3, 0.4) is 0 Å². The van der Waals surface area contributed by atoms with Crippen molar-refractivity contribution >= 4 is 5.69 Å². The summed E-state index contributed by atoms with van der Waals surface area (Å²) in [7, 11) is 0. The number of pyridine rings is 1. The summed E-state index contributed by atoms with van der Waals surface area (Å²) in [6, 6.07) is 5.17. The number of nitrogens with zero attached hydrogens (tertiary/aromatic N) is 3. The zero-order valence-electron chi connectivity index (χ0n) is 12.5. The van der Waals surface area contributed by atoms with Gasteiger partial charge in [0, 0.05) is 57.2 Å². The molecule has 110 valence electrons. The second-order valence-electron chi connectivity index (χ2n) is 6.01. The molecular formula is C16H26N4. The van der Waals surface area contributed by atoms with E-state index in [9.17, 15) is 0 Å². The molecule has 1 saturated heterocycles. The van der Waals surface area contributed by atoms with Gasteiger partial charge in [0.15, 0.2) is 0 Å². The van der Waals surface area contributed by atoms with Gasteiger partial charge in [0.05, 0.1) is 5.69 Å². The summed E-state index contributed by atoms with van der Waals surface area (Å²) in [5.74, 6) is 0. The smallest absolute Gasteiger partial charge is 0.0564 e. The standard InChI is InChI=1S/C16H26N4/c1-2-6-17-14-5-7-18-15(12-14)13-19-8-10-20(11-9-19)16-3-4-16/h5,7,12,16H,2-4,6,8-11,13H2,1H3,(H,17,18). The number of aromatic nitrogens is 1. The van der Waals surface area contributed by atoms with Crippen LogP contribution in [0.5, 0.6) is 0 Å². The van der Waals surface area contributed by atoms with Gasteiger partial charge in [-0.1, -0.05) is 6.92 Å². The molecule has 0 spiro atoms. The van der Waals surface area contributed by atoms with Gasteiger partial charge in [-0.05, 0) is 31.4 Å². The Hall–Kier alpha value is -1.13. The molecule has 0 unspecified atom stereocenters. The third-order valence-corrected chi connectivity index (χ3v) is 4.25. The Balaban J connectivity index is 1.49. The number of piperazine rings is 1. The Morgan fingerprint density at radius 3 is 2.75 bits per heavy atom. The highest BCUT2D eigenvalue weighted by Gasteiger charge is 2.31. The monoisotopic (exact) mass is 274 g/mol. The molecule has 0 aromatic carbocycles. The van der Waals surface area contributed by atoms with Gasteiger partial charge in [0.25, 0.3) is 0 Å². The van der Waals surface area contributed by atoms with Gasteiger partial charge >= 0.3 is 0 Å². The summed E-state index contributed by atoms with van der Waals surface area (Å²) in [5, 5.41) is 3.44. The van der Waals surface area contributed by atoms with E-state index in [0.29, 0.717) is 0 Å². The Bertz CT molecular complexity index is 422. The molecule has 2 fully saturated rings. The van der Waals surface area contributed by atoms with Gasteiger partial charge < -0.3 is 5.32 Å². The van der Waals surface area contributed by atoms with E-state index >= 15 is 0 Å². The number of hydrogen-bond donors (Lipinski definition) is 1. The van der Waals surface area contributed by atoms with Crippen LogP contribution in [0.4, 0.5) is 5.69 Å². The van der Waals surface area contributed by atoms with E-state index in [4.69, 9.17) is 0 Å². The molecule has 2 heterocycles. The molecular weight excluding hydrogens is 248 g/mol. The summed E-state index contributed by atoms with van der Waals surface area (Å²) in [6.45, 7) is 9.05. The van der Waals surface area contributed by atoms with Crippen molar-refractivity contribution in [1.29, 1.82) is 0 Å². The fraction of sp³-hybridized carbons (Fsp3) is 0.688. The van der Waals surface area contributed by atoms with Gasteiger partial charge in [0.1, 0.15) is 0 Å². The van der Waals surface area contributed by atoms with Crippen LogP contribution in [0.1, 0.15) is 31.9 Å². The minimum atomic E-state index is 0.914. The molecule has 3 rings (SSSR count). The Kier molecular flexibility index (Phi) is 4.53. The van der Waals surface area contributed by atoms with E-state index in [-0.39, 0.29) is 0 Å². The van der Waals surface area contributed by atoms with Gasteiger partial charge in [-0.2, -0.15) is 0 Å². The summed E-state index contributed by atoms with van der Waals surface area (Å²) in [4.78, 5) is 9.70. The maximum atomic E-state index is 4.51. The zero-order chi connectivity index (χ0) is 13.8. The van der Waals surface area contributed by atoms with Crippen molar-refractivity contribution in [2.45, 2.75) is 38.8 Å². The average Bonchev–Trinajstić information content (AvgIpc) is 3.31. The van der Waals surface area contributed by atoms with Crippen molar-refractivity contribution in [3.63, 3.8) is 0 Å². The van der Waals surface area contributed by atoms with E-state index in [0.717, 1.165) is 25.6 Å². The number of nitrogens with one attached hydrogen (secondary N) is 1. The molecule has 4 heteroatoms. The predicted octanol–water partition coefficient (Wildman–Crippen LogP) is 2.18. The van der Waals surface area contributed by atoms with Crippen LogP contribution in [-0.2, 0) is 6.54 Å². The molecule has 0 atom stereocenters. The van der Waals surface area contributed by atoms with Crippen LogP contribution in [0.25, 0.3) is 0 Å². The van der Waals surface area contributed by atoms with E-state index in [1.807, 2.05) is 6.20 Å². The molecule has 4 nitrogen and oxygen atoms in total. The summed E-state index contributed by atoms with van der Waals surface area (Å²) in [5.41, 5.74) is 2.39. The first-order valence-corrected chi connectivity index (χ1v) is 8.00. The molecule has 0 amide bonds. The SMILES string of the molecule is CCCNc1ccnc(CN2CCN(C3CC3)CC2)c1. The maximum Gasteiger partial charge on any atom is 0.0564 e. The first kappa shape index (κ1) is 13.8. The summed E-state index contributed by atoms with van der Waals surface area (Å²) < 4.78 is 0. The molecule has 1 aromatic heterocycles. The van der Waals surface area contributed by atoms with E-state index in [1.54, 1.807) is 0 Å². The lowest BCUT2D eigenvalue weighted by molar-refractivity contribution is 0.120. The van der Waals surface area contributed by atoms with Crippen molar-refractivity contribution in [2.24, 2.45) is 0 Å². The van der Waals surface area contributed by atoms with Gasteiger partial charge in [-0.15, -0.1) is 0 Å². The Morgan fingerprint density at radius 1 is 1.25 bits per heavy atom. The average molecular weight is 274 g/mol. The Morgan fingerprint density at radius 2 is 2.05 bits per heavy atom. The lowest BCUT2D eigenvalue weighted by Crippen LogP contribution is -2.46. The zero-order valence-corrected chi connectivity index (χ0v) is 12.5. The third kappa shape index (κ3) is 3.70. The van der Waals surface area contributed by atoms with Crippen molar-refractivity contribution in [1.82, 2.24) is 14.8 Å². The van der Waals surface area contributed by atoms with E-state index < -0.39 is 0 Å². The van der Waals surface area contributed by atoms with Crippen LogP contribution in [0, 0.1) is 0 Å². The normalized spacial score (nSPS) is 21.1. The number of hydrogen-bond acceptors (Lipinski definition) is 4. The first-order valence-electron chi connectivity index (χ1n) is 8.00. The Labute approximate surface area is 122 Å². The molecule has 1 saturated carbocycles. The fourth-order valence-electron chi connectivity index (χ4n) is 2.90. The highest BCUT2D eigenvalue weighted by Crippen LogP contribution is 2.27. The largest absolute Gasteiger partial charge is 0.385 e. The van der Waals surface area contributed by atoms with Crippen LogP contribution < -0.4 is 5.32 Å². The third-order valence-electron chi connectivity index (χ3n) is 4.25. The van der Waals surface area contributed by atoms with Crippen LogP contribution >= 0.6 is 0 Å². The number of rotatable bonds is 6. The molecule has 0 bridgehead atoms. The van der Waals surface area contributed by atoms with Gasteiger partial charge in [0.2, 0.25) is 0 Å². The van der Waals surface area contributed by atoms with E-state index in [2.05, 4.69) is 39.2 Å². The lowest BCUT2D eigenvalue weighted by atomic mass is 10.2. The second-order valence-corrected chi connectivity index (χ2v) is 6.01. The van der Waals surface area contributed by atoms with Crippen LogP contribution in [0.2, 0.25) is 0 Å². The van der Waals surface area contributed by atoms with Gasteiger partial charge in [-0.25, -0.2) is 0 Å². The maximum absolute atomic E-state index is 4.51. The van der Waals surface area contributed by atoms with E-state index in [1.165, 1.54) is 50.4 Å². The van der Waals surface area contributed by atoms with Crippen molar-refractivity contribution in [2.75, 3.05) is 38.0 Å². The number of anilines is 1. The topological polar surface area (TPSA) is 31.4 Å². The predicted molar refractivity (Wildman–Crippen MR) is 82.9 cm³/mol. The molecule has 20 heavy (non-hydrogen) atoms. The molecule has 1 aromatic rings. The molecule has 1 aliphatic carbocycles. The highest BCUT2D eigenvalue weighted by molar-refractivity contribution is 5.43. The lowest BCUT2D eigenvalue weighted by Gasteiger charge is -2.34. The molecule has 1 N–H and O–H groups in total. The second kappa shape index (κ2) is 6.55. The molecule has 1 aliphatic heterocycles. The van der Waals surface area contributed by atoms with Crippen LogP contribution in [0.15, 0.2) is 18.3 Å². The van der Waals surface area contributed by atoms with Crippen molar-refractivity contribution in [3.05, 3.63) is 24.0 Å². The van der Waals surface area contributed by atoms with Crippen molar-refractivity contribution in [3.8, 4) is 0 Å². The van der Waals surface area contributed by atoms with Gasteiger partial charge in [-0.3, -0.25) is 14.8 Å².